The molecule has 1 fully saturated rings. The fourth-order valence-corrected chi connectivity index (χ4v) is 3.05. The first kappa shape index (κ1) is 12.2. The number of nitrogen functional groups attached to an aromatic ring is 1. The van der Waals surface area contributed by atoms with Crippen molar-refractivity contribution in [1.29, 1.82) is 0 Å². The molecule has 96 valence electrons. The van der Waals surface area contributed by atoms with Crippen LogP contribution in [0.5, 0.6) is 0 Å². The molecule has 2 N–H and O–H groups in total. The molecule has 1 aromatic heterocycles. The molecule has 3 rings (SSSR count). The topological polar surface area (TPSA) is 53.1 Å². The average Bonchev–Trinajstić information content (AvgIpc) is 2.59. The average molecular weight is 357 g/mol. The van der Waals surface area contributed by atoms with E-state index in [1.807, 2.05) is 0 Å². The van der Waals surface area contributed by atoms with E-state index in [1.165, 1.54) is 9.99 Å². The van der Waals surface area contributed by atoms with Crippen molar-refractivity contribution >= 4 is 39.6 Å². The van der Waals surface area contributed by atoms with E-state index in [0.717, 1.165) is 30.4 Å². The summed E-state index contributed by atoms with van der Waals surface area (Å²) in [6.45, 7) is 0.798. The van der Waals surface area contributed by atoms with Crippen LogP contribution in [0.4, 0.5) is 5.95 Å². The van der Waals surface area contributed by atoms with Gasteiger partial charge in [0.25, 0.3) is 0 Å². The van der Waals surface area contributed by atoms with Gasteiger partial charge in [-0.1, -0.05) is 0 Å². The highest BCUT2D eigenvalue weighted by Crippen LogP contribution is 2.38. The maximum Gasteiger partial charge on any atom is 0.201 e. The maximum atomic E-state index is 6.04. The van der Waals surface area contributed by atoms with Crippen LogP contribution >= 0.6 is 22.6 Å². The van der Waals surface area contributed by atoms with Gasteiger partial charge in [0.1, 0.15) is 0 Å². The van der Waals surface area contributed by atoms with Gasteiger partial charge < -0.3 is 15.0 Å². The van der Waals surface area contributed by atoms with Crippen molar-refractivity contribution in [1.82, 2.24) is 9.55 Å². The Balaban J connectivity index is 2.03. The van der Waals surface area contributed by atoms with Gasteiger partial charge in [-0.25, -0.2) is 4.98 Å². The van der Waals surface area contributed by atoms with Crippen molar-refractivity contribution in [3.8, 4) is 0 Å². The van der Waals surface area contributed by atoms with Crippen molar-refractivity contribution in [2.75, 3.05) is 12.8 Å². The highest BCUT2D eigenvalue weighted by Gasteiger charge is 2.38. The second kappa shape index (κ2) is 4.38. The summed E-state index contributed by atoms with van der Waals surface area (Å²) in [7, 11) is 1.79. The Morgan fingerprint density at radius 2 is 2.28 bits per heavy atom. The number of ether oxygens (including phenoxy) is 1. The van der Waals surface area contributed by atoms with E-state index in [1.54, 1.807) is 7.11 Å². The minimum absolute atomic E-state index is 0.0370. The first-order chi connectivity index (χ1) is 8.63. The molecule has 0 amide bonds. The fourth-order valence-electron chi connectivity index (χ4n) is 2.57. The summed E-state index contributed by atoms with van der Waals surface area (Å²) >= 11 is 2.29. The van der Waals surface area contributed by atoms with Gasteiger partial charge >= 0.3 is 0 Å². The van der Waals surface area contributed by atoms with E-state index in [-0.39, 0.29) is 5.60 Å². The summed E-state index contributed by atoms with van der Waals surface area (Å²) in [5.41, 5.74) is 8.06. The van der Waals surface area contributed by atoms with E-state index in [9.17, 15) is 0 Å². The molecule has 1 aliphatic rings. The van der Waals surface area contributed by atoms with E-state index < -0.39 is 0 Å². The molecule has 1 aliphatic carbocycles. The lowest BCUT2D eigenvalue weighted by molar-refractivity contribution is -0.0824. The molecule has 0 bridgehead atoms. The molecule has 0 unspecified atom stereocenters. The van der Waals surface area contributed by atoms with E-state index in [2.05, 4.69) is 50.3 Å². The molecule has 0 atom stereocenters. The number of nitrogens with zero attached hydrogens (tertiary/aromatic N) is 2. The van der Waals surface area contributed by atoms with Crippen molar-refractivity contribution in [2.24, 2.45) is 0 Å². The number of hydrogen-bond acceptors (Lipinski definition) is 3. The van der Waals surface area contributed by atoms with Gasteiger partial charge in [-0.15, -0.1) is 0 Å². The Bertz CT molecular complexity index is 584. The number of aromatic nitrogens is 2. The normalized spacial score (nSPS) is 17.9. The number of halogens is 1. The minimum Gasteiger partial charge on any atom is -0.376 e. The summed E-state index contributed by atoms with van der Waals surface area (Å²) in [6.07, 6.45) is 3.44. The van der Waals surface area contributed by atoms with Crippen molar-refractivity contribution in [3.63, 3.8) is 0 Å². The number of imidazole rings is 1. The molecule has 1 heterocycles. The Morgan fingerprint density at radius 3 is 2.89 bits per heavy atom. The lowest BCUT2D eigenvalue weighted by atomic mass is 9.80. The molecule has 1 aromatic carbocycles. The van der Waals surface area contributed by atoms with Crippen LogP contribution in [-0.2, 0) is 11.3 Å². The van der Waals surface area contributed by atoms with Crippen molar-refractivity contribution < 1.29 is 4.74 Å². The molecular weight excluding hydrogens is 341 g/mol. The Labute approximate surface area is 120 Å². The van der Waals surface area contributed by atoms with Crippen LogP contribution in [0.15, 0.2) is 18.2 Å². The lowest BCUT2D eigenvalue weighted by Crippen LogP contribution is -2.43. The summed E-state index contributed by atoms with van der Waals surface area (Å²) in [6, 6.07) is 6.23. The zero-order valence-electron chi connectivity index (χ0n) is 10.3. The number of fused-ring (bicyclic) bond motifs is 1. The van der Waals surface area contributed by atoms with Crippen LogP contribution in [0.3, 0.4) is 0 Å². The summed E-state index contributed by atoms with van der Waals surface area (Å²) < 4.78 is 8.92. The third-order valence-electron chi connectivity index (χ3n) is 3.88. The van der Waals surface area contributed by atoms with Crippen LogP contribution in [0.1, 0.15) is 19.3 Å². The first-order valence-corrected chi connectivity index (χ1v) is 7.18. The number of anilines is 1. The van der Waals surface area contributed by atoms with Crippen molar-refractivity contribution in [3.05, 3.63) is 21.8 Å². The highest BCUT2D eigenvalue weighted by molar-refractivity contribution is 14.1. The lowest BCUT2D eigenvalue weighted by Gasteiger charge is -2.40. The van der Waals surface area contributed by atoms with Crippen LogP contribution in [0.25, 0.3) is 11.0 Å². The number of rotatable bonds is 3. The summed E-state index contributed by atoms with van der Waals surface area (Å²) in [5.74, 6) is 0.579. The van der Waals surface area contributed by atoms with Gasteiger partial charge in [0.2, 0.25) is 5.95 Å². The maximum absolute atomic E-state index is 6.04. The molecule has 0 aliphatic heterocycles. The minimum atomic E-state index is -0.0370. The number of hydrogen-bond donors (Lipinski definition) is 1. The third-order valence-corrected chi connectivity index (χ3v) is 4.55. The molecule has 1 saturated carbocycles. The van der Waals surface area contributed by atoms with E-state index in [4.69, 9.17) is 10.5 Å². The predicted molar refractivity (Wildman–Crippen MR) is 80.5 cm³/mol. The van der Waals surface area contributed by atoms with Gasteiger partial charge in [-0.05, 0) is 60.1 Å². The molecule has 0 radical (unpaired) electrons. The second-order valence-electron chi connectivity index (χ2n) is 4.93. The first-order valence-electron chi connectivity index (χ1n) is 6.10. The summed E-state index contributed by atoms with van der Waals surface area (Å²) in [5, 5.41) is 0. The largest absolute Gasteiger partial charge is 0.376 e. The predicted octanol–water partition coefficient (Wildman–Crippen LogP) is 2.79. The monoisotopic (exact) mass is 357 g/mol. The number of benzene rings is 1. The van der Waals surface area contributed by atoms with Crippen LogP contribution in [0.2, 0.25) is 0 Å². The van der Waals surface area contributed by atoms with Crippen LogP contribution < -0.4 is 5.73 Å². The molecule has 2 aromatic rings. The molecular formula is C13H16IN3O. The Kier molecular flexibility index (Phi) is 2.97. The van der Waals surface area contributed by atoms with Gasteiger partial charge in [0, 0.05) is 10.7 Å². The third kappa shape index (κ3) is 1.89. The molecule has 18 heavy (non-hydrogen) atoms. The van der Waals surface area contributed by atoms with Gasteiger partial charge in [0.05, 0.1) is 23.2 Å². The Hall–Kier alpha value is -0.820. The molecule has 5 heteroatoms. The van der Waals surface area contributed by atoms with E-state index in [0.29, 0.717) is 5.95 Å². The smallest absolute Gasteiger partial charge is 0.201 e. The second-order valence-corrected chi connectivity index (χ2v) is 6.18. The van der Waals surface area contributed by atoms with Crippen molar-refractivity contribution in [2.45, 2.75) is 31.4 Å². The number of methoxy groups -OCH3 is 1. The molecule has 0 spiro atoms. The molecule has 4 nitrogen and oxygen atoms in total. The zero-order valence-corrected chi connectivity index (χ0v) is 12.5. The quantitative estimate of drug-likeness (QED) is 0.860. The fraction of sp³-hybridized carbons (Fsp3) is 0.462. The summed E-state index contributed by atoms with van der Waals surface area (Å²) in [4.78, 5) is 4.43. The highest BCUT2D eigenvalue weighted by atomic mass is 127. The molecule has 0 saturated heterocycles. The van der Waals surface area contributed by atoms with Crippen LogP contribution in [0, 0.1) is 3.57 Å². The van der Waals surface area contributed by atoms with E-state index >= 15 is 0 Å². The van der Waals surface area contributed by atoms with Gasteiger partial charge in [-0.3, -0.25) is 0 Å². The van der Waals surface area contributed by atoms with Gasteiger partial charge in [-0.2, -0.15) is 0 Å². The van der Waals surface area contributed by atoms with Gasteiger partial charge in [0.15, 0.2) is 0 Å². The van der Waals surface area contributed by atoms with Crippen LogP contribution in [-0.4, -0.2) is 22.3 Å². The SMILES string of the molecule is COC1(Cn2c(N)nc3cc(I)ccc32)CCC1. The number of nitrogens with two attached hydrogens (primary N) is 1. The zero-order chi connectivity index (χ0) is 12.8. The standard InChI is InChI=1S/C13H16IN3O/c1-18-13(5-2-6-13)8-17-11-4-3-9(14)7-10(11)16-12(17)15/h3-4,7H,2,5-6,8H2,1H3,(H2,15,16). The Morgan fingerprint density at radius 1 is 1.50 bits per heavy atom.